The summed E-state index contributed by atoms with van der Waals surface area (Å²) in [7, 11) is 0. The summed E-state index contributed by atoms with van der Waals surface area (Å²) in [6.07, 6.45) is -5.31. The molecule has 1 amide bonds. The molecule has 0 spiro atoms. The van der Waals surface area contributed by atoms with Crippen molar-refractivity contribution in [2.75, 3.05) is 0 Å². The number of nitrogens with zero attached hydrogens (tertiary/aromatic N) is 1. The number of amides is 1. The molecule has 1 heterocycles. The second-order valence-electron chi connectivity index (χ2n) is 3.96. The van der Waals surface area contributed by atoms with Crippen LogP contribution in [0.15, 0.2) is 18.3 Å². The third-order valence-corrected chi connectivity index (χ3v) is 2.35. The van der Waals surface area contributed by atoms with Crippen molar-refractivity contribution in [1.82, 2.24) is 10.3 Å². The molecule has 0 aliphatic rings. The molecule has 0 saturated carbocycles. The summed E-state index contributed by atoms with van der Waals surface area (Å²) in [6, 6.07) is -0.0936. The Morgan fingerprint density at radius 1 is 1.35 bits per heavy atom. The van der Waals surface area contributed by atoms with Gasteiger partial charge >= 0.3 is 12.1 Å². The first kappa shape index (κ1) is 15.9. The van der Waals surface area contributed by atoms with Gasteiger partial charge in [-0.15, -0.1) is 0 Å². The lowest BCUT2D eigenvalue weighted by Crippen LogP contribution is -2.47. The molecule has 110 valence electrons. The van der Waals surface area contributed by atoms with E-state index in [4.69, 9.17) is 10.2 Å². The van der Waals surface area contributed by atoms with E-state index in [1.165, 1.54) is 0 Å². The Labute approximate surface area is 111 Å². The smallest absolute Gasteiger partial charge is 0.433 e. The highest BCUT2D eigenvalue weighted by Gasteiger charge is 2.32. The van der Waals surface area contributed by atoms with Gasteiger partial charge in [-0.1, -0.05) is 0 Å². The predicted octanol–water partition coefficient (Wildman–Crippen LogP) is 0.664. The lowest BCUT2D eigenvalue weighted by atomic mass is 10.1. The number of halogens is 3. The Morgan fingerprint density at radius 3 is 2.30 bits per heavy atom. The predicted molar refractivity (Wildman–Crippen MR) is 59.8 cm³/mol. The van der Waals surface area contributed by atoms with Gasteiger partial charge in [0, 0.05) is 6.20 Å². The molecule has 1 rings (SSSR count). The van der Waals surface area contributed by atoms with E-state index in [2.05, 4.69) is 4.98 Å². The van der Waals surface area contributed by atoms with E-state index in [9.17, 15) is 22.8 Å². The molecule has 2 atom stereocenters. The molecule has 20 heavy (non-hydrogen) atoms. The minimum absolute atomic E-state index is 0.245. The van der Waals surface area contributed by atoms with Gasteiger partial charge in [-0.2, -0.15) is 13.2 Å². The van der Waals surface area contributed by atoms with Crippen LogP contribution in [0.3, 0.4) is 0 Å². The van der Waals surface area contributed by atoms with Gasteiger partial charge in [-0.3, -0.25) is 9.78 Å². The third-order valence-electron chi connectivity index (χ3n) is 2.35. The average molecular weight is 292 g/mol. The molecule has 0 saturated heterocycles. The first-order chi connectivity index (χ1) is 9.12. The number of aromatic nitrogens is 1. The van der Waals surface area contributed by atoms with Gasteiger partial charge in [0.25, 0.3) is 5.91 Å². The molecule has 0 aromatic carbocycles. The Morgan fingerprint density at radius 2 is 1.95 bits per heavy atom. The van der Waals surface area contributed by atoms with E-state index in [1.54, 1.807) is 0 Å². The zero-order chi connectivity index (χ0) is 15.5. The highest BCUT2D eigenvalue weighted by atomic mass is 19.4. The summed E-state index contributed by atoms with van der Waals surface area (Å²) in [5, 5.41) is 19.9. The third kappa shape index (κ3) is 3.92. The number of hydrogen-bond donors (Lipinski definition) is 3. The molecule has 1 aromatic rings. The molecular weight excluding hydrogens is 281 g/mol. The van der Waals surface area contributed by atoms with Crippen molar-refractivity contribution in [3.63, 3.8) is 0 Å². The summed E-state index contributed by atoms with van der Waals surface area (Å²) in [5.74, 6) is -2.41. The summed E-state index contributed by atoms with van der Waals surface area (Å²) in [5.41, 5.74) is -1.41. The van der Waals surface area contributed by atoms with Crippen LogP contribution in [-0.4, -0.2) is 39.2 Å². The number of aliphatic hydroxyl groups excluding tert-OH is 1. The molecular formula is C11H11F3N2O4. The zero-order valence-corrected chi connectivity index (χ0v) is 10.2. The number of aliphatic hydroxyl groups is 1. The summed E-state index contributed by atoms with van der Waals surface area (Å²) < 4.78 is 36.8. The first-order valence-electron chi connectivity index (χ1n) is 5.38. The molecule has 0 fully saturated rings. The van der Waals surface area contributed by atoms with Crippen LogP contribution in [0.2, 0.25) is 0 Å². The van der Waals surface area contributed by atoms with Crippen LogP contribution in [0.4, 0.5) is 13.2 Å². The van der Waals surface area contributed by atoms with Gasteiger partial charge in [0.2, 0.25) is 0 Å². The van der Waals surface area contributed by atoms with Crippen LogP contribution in [-0.2, 0) is 11.0 Å². The highest BCUT2D eigenvalue weighted by molar-refractivity contribution is 5.96. The van der Waals surface area contributed by atoms with Crippen molar-refractivity contribution >= 4 is 11.9 Å². The maximum Gasteiger partial charge on any atom is 0.433 e. The quantitative estimate of drug-likeness (QED) is 0.757. The van der Waals surface area contributed by atoms with Crippen LogP contribution in [0.5, 0.6) is 0 Å². The largest absolute Gasteiger partial charge is 0.480 e. The molecule has 0 bridgehead atoms. The highest BCUT2D eigenvalue weighted by Crippen LogP contribution is 2.27. The fourth-order valence-corrected chi connectivity index (χ4v) is 1.31. The minimum Gasteiger partial charge on any atom is -0.480 e. The second kappa shape index (κ2) is 5.87. The zero-order valence-electron chi connectivity index (χ0n) is 10.2. The molecule has 0 aliphatic carbocycles. The van der Waals surface area contributed by atoms with Crippen molar-refractivity contribution in [1.29, 1.82) is 0 Å². The van der Waals surface area contributed by atoms with E-state index in [0.29, 0.717) is 12.3 Å². The van der Waals surface area contributed by atoms with Crippen LogP contribution in [0, 0.1) is 0 Å². The van der Waals surface area contributed by atoms with Crippen molar-refractivity contribution in [3.8, 4) is 0 Å². The Balaban J connectivity index is 2.85. The van der Waals surface area contributed by atoms with Gasteiger partial charge in [-0.05, 0) is 19.1 Å². The number of rotatable bonds is 4. The van der Waals surface area contributed by atoms with Gasteiger partial charge in [0.1, 0.15) is 5.69 Å². The standard InChI is InChI=1S/C11H11F3N2O4/c1-5(17)8(10(19)20)16-9(18)6-2-3-7(15-4-6)11(12,13)14/h2-5,8,17H,1H3,(H,16,18)(H,19,20). The second-order valence-corrected chi connectivity index (χ2v) is 3.96. The molecule has 3 N–H and O–H groups in total. The number of alkyl halides is 3. The van der Waals surface area contributed by atoms with Crippen LogP contribution in [0.25, 0.3) is 0 Å². The van der Waals surface area contributed by atoms with Gasteiger partial charge in [0.15, 0.2) is 6.04 Å². The maximum atomic E-state index is 12.3. The average Bonchev–Trinajstić information content (AvgIpc) is 2.34. The molecule has 2 unspecified atom stereocenters. The number of hydrogen-bond acceptors (Lipinski definition) is 4. The fraction of sp³-hybridized carbons (Fsp3) is 0.364. The summed E-state index contributed by atoms with van der Waals surface area (Å²) >= 11 is 0. The van der Waals surface area contributed by atoms with Gasteiger partial charge in [-0.25, -0.2) is 4.79 Å². The van der Waals surface area contributed by atoms with Crippen molar-refractivity contribution < 1.29 is 33.0 Å². The summed E-state index contributed by atoms with van der Waals surface area (Å²) in [4.78, 5) is 25.4. The molecule has 6 nitrogen and oxygen atoms in total. The summed E-state index contributed by atoms with van der Waals surface area (Å²) in [6.45, 7) is 1.16. The lowest BCUT2D eigenvalue weighted by molar-refractivity contribution is -0.142. The van der Waals surface area contributed by atoms with Crippen molar-refractivity contribution in [2.45, 2.75) is 25.2 Å². The van der Waals surface area contributed by atoms with E-state index < -0.39 is 35.9 Å². The minimum atomic E-state index is -4.63. The monoisotopic (exact) mass is 292 g/mol. The van der Waals surface area contributed by atoms with E-state index >= 15 is 0 Å². The number of pyridine rings is 1. The number of carboxylic acid groups (broad SMARTS) is 1. The van der Waals surface area contributed by atoms with E-state index in [1.807, 2.05) is 5.32 Å². The topological polar surface area (TPSA) is 99.5 Å². The SMILES string of the molecule is CC(O)C(NC(=O)c1ccc(C(F)(F)F)nc1)C(=O)O. The van der Waals surface area contributed by atoms with E-state index in [-0.39, 0.29) is 5.56 Å². The normalized spacial score (nSPS) is 14.4. The maximum absolute atomic E-state index is 12.3. The number of carbonyl (C=O) groups excluding carboxylic acids is 1. The van der Waals surface area contributed by atoms with Crippen molar-refractivity contribution in [2.24, 2.45) is 0 Å². The van der Waals surface area contributed by atoms with Crippen LogP contribution < -0.4 is 5.32 Å². The molecule has 9 heteroatoms. The van der Waals surface area contributed by atoms with Gasteiger partial charge in [0.05, 0.1) is 11.7 Å². The van der Waals surface area contributed by atoms with Crippen molar-refractivity contribution in [3.05, 3.63) is 29.6 Å². The van der Waals surface area contributed by atoms with Crippen LogP contribution in [0.1, 0.15) is 23.0 Å². The first-order valence-corrected chi connectivity index (χ1v) is 5.38. The molecule has 0 radical (unpaired) electrons. The van der Waals surface area contributed by atoms with Crippen LogP contribution >= 0.6 is 0 Å². The number of carboxylic acids is 1. The van der Waals surface area contributed by atoms with Gasteiger partial charge < -0.3 is 15.5 Å². The molecule has 0 aliphatic heterocycles. The Bertz CT molecular complexity index is 499. The fourth-order valence-electron chi connectivity index (χ4n) is 1.31. The Hall–Kier alpha value is -2.16. The number of nitrogens with one attached hydrogen (secondary N) is 1. The Kier molecular flexibility index (Phi) is 4.66. The number of aliphatic carboxylic acids is 1. The number of carbonyl (C=O) groups is 2. The van der Waals surface area contributed by atoms with E-state index in [0.717, 1.165) is 13.0 Å². The molecule has 1 aromatic heterocycles. The lowest BCUT2D eigenvalue weighted by Gasteiger charge is -2.17.